The first-order valence-corrected chi connectivity index (χ1v) is 5.32. The number of aromatic nitrogens is 1. The quantitative estimate of drug-likeness (QED) is 0.775. The van der Waals surface area contributed by atoms with E-state index < -0.39 is 0 Å². The summed E-state index contributed by atoms with van der Waals surface area (Å²) >= 11 is 0. The largest absolute Gasteiger partial charge is 0.305 e. The minimum Gasteiger partial charge on any atom is -0.305 e. The highest BCUT2D eigenvalue weighted by Gasteiger charge is 2.00. The van der Waals surface area contributed by atoms with Gasteiger partial charge in [0.15, 0.2) is 0 Å². The first-order chi connectivity index (χ1) is 7.75. The van der Waals surface area contributed by atoms with Crippen molar-refractivity contribution >= 4 is 0 Å². The number of rotatable bonds is 3. The highest BCUT2D eigenvalue weighted by Crippen LogP contribution is 2.17. The number of nitrogens with zero attached hydrogens (tertiary/aromatic N) is 2. The second-order valence-electron chi connectivity index (χ2n) is 4.08. The summed E-state index contributed by atoms with van der Waals surface area (Å²) in [5.74, 6) is 0. The smallest absolute Gasteiger partial charge is 0.0702 e. The Kier molecular flexibility index (Phi) is 3.32. The topological polar surface area (TPSA) is 16.1 Å². The van der Waals surface area contributed by atoms with E-state index in [0.29, 0.717) is 0 Å². The Bertz CT molecular complexity index is 449. The maximum Gasteiger partial charge on any atom is 0.0702 e. The van der Waals surface area contributed by atoms with E-state index in [0.717, 1.165) is 17.8 Å². The van der Waals surface area contributed by atoms with E-state index in [9.17, 15) is 0 Å². The average Bonchev–Trinajstić information content (AvgIpc) is 2.30. The maximum absolute atomic E-state index is 4.30. The fourth-order valence-electron chi connectivity index (χ4n) is 1.68. The van der Waals surface area contributed by atoms with E-state index in [1.807, 2.05) is 12.1 Å². The van der Waals surface area contributed by atoms with Gasteiger partial charge in [-0.3, -0.25) is 4.98 Å². The van der Waals surface area contributed by atoms with Crippen LogP contribution >= 0.6 is 0 Å². The summed E-state index contributed by atoms with van der Waals surface area (Å²) in [6.45, 7) is 0.951. The first kappa shape index (κ1) is 10.8. The van der Waals surface area contributed by atoms with Gasteiger partial charge in [0.25, 0.3) is 0 Å². The Morgan fingerprint density at radius 1 is 1.25 bits per heavy atom. The lowest BCUT2D eigenvalue weighted by molar-refractivity contribution is 0.402. The number of hydrogen-bond acceptors (Lipinski definition) is 2. The predicted octanol–water partition coefficient (Wildman–Crippen LogP) is 2.61. The lowest BCUT2D eigenvalue weighted by atomic mass is 10.1. The zero-order valence-corrected chi connectivity index (χ0v) is 9.64. The van der Waals surface area contributed by atoms with Crippen LogP contribution in [0.4, 0.5) is 0 Å². The zero-order valence-electron chi connectivity index (χ0n) is 9.64. The van der Waals surface area contributed by atoms with Crippen LogP contribution in [0, 0.1) is 6.07 Å². The summed E-state index contributed by atoms with van der Waals surface area (Å²) in [7, 11) is 4.14. The summed E-state index contributed by atoms with van der Waals surface area (Å²) in [6, 6.07) is 15.3. The Balaban J connectivity index is 2.29. The van der Waals surface area contributed by atoms with Crippen LogP contribution in [0.5, 0.6) is 0 Å². The van der Waals surface area contributed by atoms with Crippen molar-refractivity contribution < 1.29 is 0 Å². The molecule has 1 heterocycles. The molecule has 0 N–H and O–H groups in total. The van der Waals surface area contributed by atoms with Crippen molar-refractivity contribution in [3.05, 3.63) is 54.2 Å². The third-order valence-electron chi connectivity index (χ3n) is 2.34. The van der Waals surface area contributed by atoms with E-state index >= 15 is 0 Å². The second kappa shape index (κ2) is 4.90. The van der Waals surface area contributed by atoms with Crippen molar-refractivity contribution in [2.24, 2.45) is 0 Å². The molecule has 2 rings (SSSR count). The molecule has 0 bridgehead atoms. The van der Waals surface area contributed by atoms with Gasteiger partial charge in [-0.15, -0.1) is 0 Å². The SMILES string of the molecule is CN(C)Cc1cccc(-c2cc[c]cn2)c1. The molecule has 0 spiro atoms. The molecule has 0 saturated carbocycles. The molecule has 0 atom stereocenters. The van der Waals surface area contributed by atoms with Gasteiger partial charge < -0.3 is 4.90 Å². The van der Waals surface area contributed by atoms with Crippen LogP contribution in [0.1, 0.15) is 5.56 Å². The Hall–Kier alpha value is -1.67. The van der Waals surface area contributed by atoms with Crippen LogP contribution in [0.15, 0.2) is 42.6 Å². The molecule has 1 radical (unpaired) electrons. The summed E-state index contributed by atoms with van der Waals surface area (Å²) < 4.78 is 0. The van der Waals surface area contributed by atoms with Crippen LogP contribution < -0.4 is 0 Å². The predicted molar refractivity (Wildman–Crippen MR) is 65.9 cm³/mol. The Morgan fingerprint density at radius 2 is 2.12 bits per heavy atom. The van der Waals surface area contributed by atoms with Gasteiger partial charge in [-0.05, 0) is 31.8 Å². The van der Waals surface area contributed by atoms with Gasteiger partial charge >= 0.3 is 0 Å². The molecule has 1 aromatic carbocycles. The van der Waals surface area contributed by atoms with Crippen LogP contribution in [-0.2, 0) is 6.54 Å². The van der Waals surface area contributed by atoms with Crippen molar-refractivity contribution in [1.82, 2.24) is 9.88 Å². The molecule has 0 unspecified atom stereocenters. The zero-order chi connectivity index (χ0) is 11.4. The normalized spacial score (nSPS) is 10.7. The first-order valence-electron chi connectivity index (χ1n) is 5.32. The van der Waals surface area contributed by atoms with Gasteiger partial charge in [-0.2, -0.15) is 0 Å². The third-order valence-corrected chi connectivity index (χ3v) is 2.34. The van der Waals surface area contributed by atoms with E-state index in [2.05, 4.69) is 54.3 Å². The molecule has 0 fully saturated rings. The second-order valence-corrected chi connectivity index (χ2v) is 4.08. The average molecular weight is 211 g/mol. The molecule has 81 valence electrons. The molecule has 2 nitrogen and oxygen atoms in total. The molecule has 0 aliphatic rings. The molecular weight excluding hydrogens is 196 g/mol. The summed E-state index contributed by atoms with van der Waals surface area (Å²) in [5, 5.41) is 0. The maximum atomic E-state index is 4.30. The van der Waals surface area contributed by atoms with Crippen molar-refractivity contribution in [3.8, 4) is 11.3 Å². The van der Waals surface area contributed by atoms with E-state index in [1.54, 1.807) is 6.20 Å². The summed E-state index contributed by atoms with van der Waals surface area (Å²) in [6.07, 6.45) is 1.70. The minimum absolute atomic E-state index is 0.951. The highest BCUT2D eigenvalue weighted by atomic mass is 15.0. The molecule has 1 aromatic heterocycles. The Labute approximate surface area is 96.6 Å². The third kappa shape index (κ3) is 2.67. The lowest BCUT2D eigenvalue weighted by Crippen LogP contribution is -2.10. The molecular formula is C14H15N2. The molecule has 2 heteroatoms. The fourth-order valence-corrected chi connectivity index (χ4v) is 1.68. The van der Waals surface area contributed by atoms with Gasteiger partial charge in [0.1, 0.15) is 0 Å². The molecule has 0 aliphatic heterocycles. The standard InChI is InChI=1S/C14H15N2/c1-16(2)11-12-6-5-7-13(10-12)14-8-3-4-9-15-14/h3,5-10H,11H2,1-2H3. The minimum atomic E-state index is 0.951. The molecule has 0 amide bonds. The Morgan fingerprint density at radius 3 is 2.81 bits per heavy atom. The molecule has 0 saturated heterocycles. The van der Waals surface area contributed by atoms with E-state index in [-0.39, 0.29) is 0 Å². The lowest BCUT2D eigenvalue weighted by Gasteiger charge is -2.10. The number of pyridine rings is 1. The molecule has 0 aliphatic carbocycles. The monoisotopic (exact) mass is 211 g/mol. The van der Waals surface area contributed by atoms with Crippen molar-refractivity contribution in [2.45, 2.75) is 6.54 Å². The van der Waals surface area contributed by atoms with Crippen molar-refractivity contribution in [2.75, 3.05) is 14.1 Å². The van der Waals surface area contributed by atoms with Crippen molar-refractivity contribution in [3.63, 3.8) is 0 Å². The van der Waals surface area contributed by atoms with Gasteiger partial charge in [0.05, 0.1) is 5.69 Å². The van der Waals surface area contributed by atoms with Gasteiger partial charge in [-0.25, -0.2) is 0 Å². The number of hydrogen-bond donors (Lipinski definition) is 0. The highest BCUT2D eigenvalue weighted by molar-refractivity contribution is 5.59. The van der Waals surface area contributed by atoms with E-state index in [4.69, 9.17) is 0 Å². The van der Waals surface area contributed by atoms with Crippen LogP contribution in [-0.4, -0.2) is 24.0 Å². The van der Waals surface area contributed by atoms with Crippen molar-refractivity contribution in [1.29, 1.82) is 0 Å². The van der Waals surface area contributed by atoms with Gasteiger partial charge in [0, 0.05) is 24.4 Å². The van der Waals surface area contributed by atoms with Gasteiger partial charge in [0.2, 0.25) is 0 Å². The van der Waals surface area contributed by atoms with Gasteiger partial charge in [-0.1, -0.05) is 24.3 Å². The summed E-state index contributed by atoms with van der Waals surface area (Å²) in [4.78, 5) is 6.46. The van der Waals surface area contributed by atoms with E-state index in [1.165, 1.54) is 5.56 Å². The summed E-state index contributed by atoms with van der Waals surface area (Å²) in [5.41, 5.74) is 3.46. The molecule has 2 aromatic rings. The fraction of sp³-hybridized carbons (Fsp3) is 0.214. The van der Waals surface area contributed by atoms with Crippen LogP contribution in [0.3, 0.4) is 0 Å². The molecule has 16 heavy (non-hydrogen) atoms. The van der Waals surface area contributed by atoms with Crippen LogP contribution in [0.25, 0.3) is 11.3 Å². The van der Waals surface area contributed by atoms with Crippen LogP contribution in [0.2, 0.25) is 0 Å². The number of benzene rings is 1.